The van der Waals surface area contributed by atoms with Gasteiger partial charge in [0.25, 0.3) is 0 Å². The molecule has 2 aromatic heterocycles. The molecule has 2 atom stereocenters. The molecule has 1 N–H and O–H groups in total. The van der Waals surface area contributed by atoms with Gasteiger partial charge in [0.1, 0.15) is 11.6 Å². The van der Waals surface area contributed by atoms with Crippen molar-refractivity contribution in [2.75, 3.05) is 43.0 Å². The van der Waals surface area contributed by atoms with E-state index in [0.717, 1.165) is 44.1 Å². The number of benzene rings is 2. The number of hydrogen-bond donors (Lipinski definition) is 1. The van der Waals surface area contributed by atoms with Crippen LogP contribution in [0.15, 0.2) is 59.8 Å². The highest BCUT2D eigenvalue weighted by atomic mass is 35.5. The predicted octanol–water partition coefficient (Wildman–Crippen LogP) is 4.90. The normalized spacial score (nSPS) is 22.0. The summed E-state index contributed by atoms with van der Waals surface area (Å²) in [5, 5.41) is 11.8. The topological polar surface area (TPSA) is 69.8 Å². The van der Waals surface area contributed by atoms with Crippen LogP contribution in [0.3, 0.4) is 0 Å². The summed E-state index contributed by atoms with van der Waals surface area (Å²) in [6.45, 7) is 6.17. The summed E-state index contributed by atoms with van der Waals surface area (Å²) in [5.74, 6) is 0.365. The molecule has 2 aromatic carbocycles. The quantitative estimate of drug-likeness (QED) is 0.376. The van der Waals surface area contributed by atoms with Crippen LogP contribution in [0, 0.1) is 5.82 Å². The van der Waals surface area contributed by atoms with Crippen LogP contribution >= 0.6 is 11.6 Å². The molecular weight excluding hydrogens is 543 g/mol. The van der Waals surface area contributed by atoms with Crippen molar-refractivity contribution in [2.45, 2.75) is 31.3 Å². The van der Waals surface area contributed by atoms with E-state index in [9.17, 15) is 9.90 Å². The maximum Gasteiger partial charge on any atom is 0.332 e. The van der Waals surface area contributed by atoms with Crippen LogP contribution in [0.2, 0.25) is 5.02 Å². The minimum atomic E-state index is -0.480. The van der Waals surface area contributed by atoms with E-state index < -0.39 is 5.82 Å². The second-order valence-electron chi connectivity index (χ2n) is 11.7. The Balaban J connectivity index is 1.29. The van der Waals surface area contributed by atoms with Crippen LogP contribution in [-0.2, 0) is 7.05 Å². The minimum Gasteiger partial charge on any atom is -0.507 e. The SMILES string of the molecule is CC1CN(C)c2ncc(-c3cc(F)cc(-c4ccc(-n5ccn(C)c5=O)c(Cl)c4)c3O)cc2N2CCC3(CCN13)C2. The predicted molar refractivity (Wildman–Crippen MR) is 160 cm³/mol. The summed E-state index contributed by atoms with van der Waals surface area (Å²) in [7, 11) is 3.74. The number of likely N-dealkylation sites (N-methyl/N-ethyl adjacent to an activating group) is 1. The zero-order valence-corrected chi connectivity index (χ0v) is 24.1. The summed E-state index contributed by atoms with van der Waals surface area (Å²) in [5.41, 5.74) is 3.36. The Kier molecular flexibility index (Phi) is 5.96. The number of aromatic nitrogens is 3. The molecular formula is C31H32ClFN6O2. The van der Waals surface area contributed by atoms with Gasteiger partial charge < -0.3 is 19.5 Å². The number of imidazole rings is 1. The molecule has 8 nitrogen and oxygen atoms in total. The van der Waals surface area contributed by atoms with Crippen molar-refractivity contribution < 1.29 is 9.50 Å². The van der Waals surface area contributed by atoms with E-state index in [4.69, 9.17) is 16.6 Å². The maximum atomic E-state index is 15.1. The van der Waals surface area contributed by atoms with E-state index in [0.29, 0.717) is 39.0 Å². The average molecular weight is 575 g/mol. The van der Waals surface area contributed by atoms with Crippen molar-refractivity contribution in [3.05, 3.63) is 76.3 Å². The second-order valence-corrected chi connectivity index (χ2v) is 12.1. The van der Waals surface area contributed by atoms with Gasteiger partial charge in [-0.25, -0.2) is 14.2 Å². The third-order valence-electron chi connectivity index (χ3n) is 9.23. The zero-order chi connectivity index (χ0) is 28.6. The molecule has 3 aliphatic rings. The Labute approximate surface area is 242 Å². The molecule has 7 rings (SSSR count). The Morgan fingerprint density at radius 1 is 1.02 bits per heavy atom. The van der Waals surface area contributed by atoms with Crippen molar-refractivity contribution in [2.24, 2.45) is 7.05 Å². The van der Waals surface area contributed by atoms with Gasteiger partial charge in [0, 0.05) is 87.1 Å². The second kappa shape index (κ2) is 9.36. The summed E-state index contributed by atoms with van der Waals surface area (Å²) in [6.07, 6.45) is 7.33. The highest BCUT2D eigenvalue weighted by Gasteiger charge is 2.52. The Morgan fingerprint density at radius 2 is 1.78 bits per heavy atom. The van der Waals surface area contributed by atoms with Crippen LogP contribution in [0.25, 0.3) is 27.9 Å². The van der Waals surface area contributed by atoms with Gasteiger partial charge in [-0.1, -0.05) is 17.7 Å². The lowest BCUT2D eigenvalue weighted by Crippen LogP contribution is -2.65. The molecule has 0 saturated carbocycles. The van der Waals surface area contributed by atoms with E-state index >= 15 is 4.39 Å². The lowest BCUT2D eigenvalue weighted by Gasteiger charge is -2.53. The molecule has 41 heavy (non-hydrogen) atoms. The molecule has 0 radical (unpaired) electrons. The number of aryl methyl sites for hydroxylation is 1. The van der Waals surface area contributed by atoms with Crippen LogP contribution in [-0.4, -0.2) is 68.9 Å². The van der Waals surface area contributed by atoms with E-state index in [2.05, 4.69) is 28.7 Å². The molecule has 0 amide bonds. The monoisotopic (exact) mass is 574 g/mol. The number of nitrogens with zero attached hydrogens (tertiary/aromatic N) is 6. The number of phenols is 1. The third kappa shape index (κ3) is 4.05. The highest BCUT2D eigenvalue weighted by molar-refractivity contribution is 6.32. The molecule has 2 saturated heterocycles. The molecule has 0 aliphatic carbocycles. The van der Waals surface area contributed by atoms with Crippen LogP contribution < -0.4 is 15.5 Å². The molecule has 2 fully saturated rings. The fraction of sp³-hybridized carbons (Fsp3) is 0.355. The number of rotatable bonds is 3. The van der Waals surface area contributed by atoms with E-state index in [1.54, 1.807) is 43.8 Å². The van der Waals surface area contributed by atoms with Gasteiger partial charge >= 0.3 is 5.69 Å². The average Bonchev–Trinajstić information content (AvgIpc) is 3.54. The first kappa shape index (κ1) is 26.1. The van der Waals surface area contributed by atoms with Gasteiger partial charge in [0.05, 0.1) is 16.4 Å². The number of aromatic hydroxyl groups is 1. The summed E-state index contributed by atoms with van der Waals surface area (Å²) < 4.78 is 18.0. The fourth-order valence-corrected chi connectivity index (χ4v) is 7.28. The number of fused-ring (bicyclic) bond motifs is 3. The third-order valence-corrected chi connectivity index (χ3v) is 9.53. The lowest BCUT2D eigenvalue weighted by atomic mass is 9.82. The lowest BCUT2D eigenvalue weighted by molar-refractivity contribution is -0.0266. The van der Waals surface area contributed by atoms with E-state index in [1.807, 2.05) is 6.07 Å². The summed E-state index contributed by atoms with van der Waals surface area (Å²) >= 11 is 6.58. The van der Waals surface area contributed by atoms with Gasteiger partial charge in [0.2, 0.25) is 0 Å². The van der Waals surface area contributed by atoms with Crippen molar-refractivity contribution in [1.82, 2.24) is 19.0 Å². The highest BCUT2D eigenvalue weighted by Crippen LogP contribution is 2.47. The molecule has 1 spiro atoms. The van der Waals surface area contributed by atoms with Gasteiger partial charge in [-0.15, -0.1) is 0 Å². The molecule has 10 heteroatoms. The van der Waals surface area contributed by atoms with Crippen molar-refractivity contribution in [1.29, 1.82) is 0 Å². The maximum absolute atomic E-state index is 15.1. The number of anilines is 2. The van der Waals surface area contributed by atoms with Gasteiger partial charge in [-0.2, -0.15) is 0 Å². The van der Waals surface area contributed by atoms with E-state index in [1.165, 1.54) is 27.7 Å². The van der Waals surface area contributed by atoms with Gasteiger partial charge in [-0.3, -0.25) is 9.47 Å². The van der Waals surface area contributed by atoms with Crippen LogP contribution in [0.5, 0.6) is 5.75 Å². The molecule has 5 heterocycles. The first-order valence-electron chi connectivity index (χ1n) is 14.0. The molecule has 2 bridgehead atoms. The van der Waals surface area contributed by atoms with Crippen molar-refractivity contribution >= 4 is 23.1 Å². The van der Waals surface area contributed by atoms with Gasteiger partial charge in [-0.05, 0) is 55.7 Å². The first-order valence-corrected chi connectivity index (χ1v) is 14.3. The van der Waals surface area contributed by atoms with E-state index in [-0.39, 0.29) is 17.0 Å². The minimum absolute atomic E-state index is 0.0538. The molecule has 2 unspecified atom stereocenters. The number of hydrogen-bond acceptors (Lipinski definition) is 6. The standard InChI is InChI=1S/C31H32ClFN6O2/c1-19-17-36(3)29-27(37-8-6-31(18-37)7-9-39(19)31)13-21(16-34-29)24-15-22(33)14-23(28(24)40)20-4-5-26(25(32)12-20)38-11-10-35(2)30(38)41/h4-5,10-16,19,40H,6-9,17-18H2,1-3H3. The van der Waals surface area contributed by atoms with Gasteiger partial charge in [0.15, 0.2) is 5.82 Å². The zero-order valence-electron chi connectivity index (χ0n) is 23.3. The molecule has 4 aromatic rings. The van der Waals surface area contributed by atoms with Crippen molar-refractivity contribution in [3.8, 4) is 33.7 Å². The first-order chi connectivity index (χ1) is 19.6. The number of pyridine rings is 1. The molecule has 212 valence electrons. The van der Waals surface area contributed by atoms with Crippen LogP contribution in [0.4, 0.5) is 15.9 Å². The summed E-state index contributed by atoms with van der Waals surface area (Å²) in [6, 6.07) is 10.2. The number of phenolic OH excluding ortho intramolecular Hbond substituents is 1. The summed E-state index contributed by atoms with van der Waals surface area (Å²) in [4.78, 5) is 24.5. The number of halogens is 2. The van der Waals surface area contributed by atoms with Crippen molar-refractivity contribution in [3.63, 3.8) is 0 Å². The molecule has 3 aliphatic heterocycles. The van der Waals surface area contributed by atoms with Crippen LogP contribution in [0.1, 0.15) is 19.8 Å². The Morgan fingerprint density at radius 3 is 2.46 bits per heavy atom. The Bertz CT molecular complexity index is 1750. The Hall–Kier alpha value is -3.82. The largest absolute Gasteiger partial charge is 0.507 e. The smallest absolute Gasteiger partial charge is 0.332 e. The fourth-order valence-electron chi connectivity index (χ4n) is 7.00.